The van der Waals surface area contributed by atoms with Crippen LogP contribution in [0.25, 0.3) is 0 Å². The lowest BCUT2D eigenvalue weighted by Gasteiger charge is -2.29. The minimum atomic E-state index is -0.453. The number of esters is 1. The zero-order chi connectivity index (χ0) is 20.1. The second-order valence-corrected chi connectivity index (χ2v) is 7.43. The number of hydrogen-bond donors (Lipinski definition) is 3. The van der Waals surface area contributed by atoms with Gasteiger partial charge in [0.15, 0.2) is 12.3 Å². The third-order valence-corrected chi connectivity index (χ3v) is 5.29. The van der Waals surface area contributed by atoms with Gasteiger partial charge in [0.05, 0.1) is 7.11 Å². The van der Waals surface area contributed by atoms with E-state index < -0.39 is 5.97 Å². The lowest BCUT2D eigenvalue weighted by molar-refractivity contribution is -1.02. The molecule has 1 aromatic carbocycles. The maximum atomic E-state index is 12.5. The van der Waals surface area contributed by atoms with Crippen LogP contribution in [0.15, 0.2) is 34.7 Å². The molecule has 2 heterocycles. The molecule has 7 heteroatoms. The maximum absolute atomic E-state index is 12.5. The molecule has 1 saturated heterocycles. The molecule has 2 aromatic rings. The van der Waals surface area contributed by atoms with Crippen LogP contribution in [-0.4, -0.2) is 51.7 Å². The molecule has 1 aliphatic rings. The van der Waals surface area contributed by atoms with Crippen LogP contribution in [0.1, 0.15) is 27.4 Å². The van der Waals surface area contributed by atoms with Gasteiger partial charge >= 0.3 is 5.97 Å². The summed E-state index contributed by atoms with van der Waals surface area (Å²) in [5.41, 5.74) is 3.10. The van der Waals surface area contributed by atoms with Crippen molar-refractivity contribution >= 4 is 17.6 Å². The molecule has 28 heavy (non-hydrogen) atoms. The average molecular weight is 387 g/mol. The summed E-state index contributed by atoms with van der Waals surface area (Å²) >= 11 is 0. The Morgan fingerprint density at radius 2 is 1.68 bits per heavy atom. The van der Waals surface area contributed by atoms with Crippen molar-refractivity contribution in [2.45, 2.75) is 20.4 Å². The number of benzene rings is 1. The largest absolute Gasteiger partial charge is 0.463 e. The lowest BCUT2D eigenvalue weighted by atomic mass is 10.1. The topological polar surface area (TPSA) is 77.4 Å². The van der Waals surface area contributed by atoms with E-state index in [1.807, 2.05) is 38.1 Å². The summed E-state index contributed by atoms with van der Waals surface area (Å²) in [5.74, 6) is 0.631. The molecule has 0 bridgehead atoms. The molecule has 0 aliphatic carbocycles. The van der Waals surface area contributed by atoms with Crippen LogP contribution in [0, 0.1) is 13.8 Å². The molecule has 150 valence electrons. The van der Waals surface area contributed by atoms with Crippen LogP contribution in [0.5, 0.6) is 0 Å². The van der Waals surface area contributed by atoms with Gasteiger partial charge in [-0.3, -0.25) is 4.79 Å². The van der Waals surface area contributed by atoms with Gasteiger partial charge < -0.3 is 24.3 Å². The first-order valence-electron chi connectivity index (χ1n) is 9.66. The number of quaternary nitrogens is 2. The second kappa shape index (κ2) is 9.03. The number of aryl methyl sites for hydroxylation is 2. The summed E-state index contributed by atoms with van der Waals surface area (Å²) in [6.07, 6.45) is 0. The first kappa shape index (κ1) is 20.1. The Hall–Kier alpha value is -2.64. The molecule has 0 saturated carbocycles. The van der Waals surface area contributed by atoms with E-state index in [1.54, 1.807) is 6.07 Å². The average Bonchev–Trinajstić information content (AvgIpc) is 3.14. The Labute approximate surface area is 165 Å². The smallest absolute Gasteiger partial charge is 0.373 e. The fourth-order valence-corrected chi connectivity index (χ4v) is 3.66. The maximum Gasteiger partial charge on any atom is 0.373 e. The minimum absolute atomic E-state index is 0.0598. The highest BCUT2D eigenvalue weighted by Crippen LogP contribution is 2.18. The standard InChI is InChI=1S/C21H27N3O4/c1-15-5-4-6-16(2)20(15)22-19(25)14-24-11-9-23(10-12-24)13-17-7-8-18(28-17)21(26)27-3/h4-8H,9-14H2,1-3H3,(H,22,25)/p+2. The van der Waals surface area contributed by atoms with Gasteiger partial charge in [0.2, 0.25) is 5.76 Å². The van der Waals surface area contributed by atoms with E-state index in [2.05, 4.69) is 10.1 Å². The molecule has 1 fully saturated rings. The molecule has 3 N–H and O–H groups in total. The van der Waals surface area contributed by atoms with Crippen molar-refractivity contribution in [1.82, 2.24) is 0 Å². The molecule has 0 unspecified atom stereocenters. The summed E-state index contributed by atoms with van der Waals surface area (Å²) in [4.78, 5) is 26.6. The molecule has 7 nitrogen and oxygen atoms in total. The number of furan rings is 1. The van der Waals surface area contributed by atoms with E-state index in [-0.39, 0.29) is 11.7 Å². The highest BCUT2D eigenvalue weighted by molar-refractivity contribution is 5.93. The van der Waals surface area contributed by atoms with Gasteiger partial charge in [-0.15, -0.1) is 0 Å². The molecule has 0 spiro atoms. The fourth-order valence-electron chi connectivity index (χ4n) is 3.66. The van der Waals surface area contributed by atoms with E-state index in [0.29, 0.717) is 6.54 Å². The van der Waals surface area contributed by atoms with E-state index in [9.17, 15) is 9.59 Å². The molecule has 0 radical (unpaired) electrons. The number of para-hydroxylation sites is 1. The van der Waals surface area contributed by atoms with E-state index in [0.717, 1.165) is 55.3 Å². The number of amides is 1. The summed E-state index contributed by atoms with van der Waals surface area (Å²) in [7, 11) is 1.34. The van der Waals surface area contributed by atoms with E-state index >= 15 is 0 Å². The summed E-state index contributed by atoms with van der Waals surface area (Å²) in [6.45, 7) is 9.02. The van der Waals surface area contributed by atoms with Crippen molar-refractivity contribution in [3.8, 4) is 0 Å². The Morgan fingerprint density at radius 1 is 1.04 bits per heavy atom. The predicted octanol–water partition coefficient (Wildman–Crippen LogP) is -0.395. The molecule has 1 aromatic heterocycles. The summed E-state index contributed by atoms with van der Waals surface area (Å²) in [6, 6.07) is 9.51. The van der Waals surface area contributed by atoms with Gasteiger partial charge in [0.25, 0.3) is 5.91 Å². The Balaban J connectivity index is 1.45. The summed E-state index contributed by atoms with van der Waals surface area (Å²) < 4.78 is 10.2. The Morgan fingerprint density at radius 3 is 2.32 bits per heavy atom. The molecule has 1 aliphatic heterocycles. The number of hydrogen-bond acceptors (Lipinski definition) is 4. The van der Waals surface area contributed by atoms with Gasteiger partial charge in [-0.25, -0.2) is 4.79 Å². The predicted molar refractivity (Wildman–Crippen MR) is 105 cm³/mol. The number of nitrogens with one attached hydrogen (secondary N) is 3. The SMILES string of the molecule is COC(=O)c1ccc(C[NH+]2CC[NH+](CC(=O)Nc3c(C)cccc3C)CC2)o1. The highest BCUT2D eigenvalue weighted by atomic mass is 16.5. The van der Waals surface area contributed by atoms with Crippen molar-refractivity contribution in [3.05, 3.63) is 53.0 Å². The lowest BCUT2D eigenvalue weighted by Crippen LogP contribution is -3.28. The summed E-state index contributed by atoms with van der Waals surface area (Å²) in [5, 5.41) is 3.07. The Kier molecular flexibility index (Phi) is 6.49. The minimum Gasteiger partial charge on any atom is -0.463 e. The zero-order valence-electron chi connectivity index (χ0n) is 16.8. The second-order valence-electron chi connectivity index (χ2n) is 7.43. The first-order valence-corrected chi connectivity index (χ1v) is 9.66. The molecule has 0 atom stereocenters. The number of carbonyl (C=O) groups excluding carboxylic acids is 2. The number of piperazine rings is 1. The third-order valence-electron chi connectivity index (χ3n) is 5.29. The van der Waals surface area contributed by atoms with Crippen LogP contribution in [0.4, 0.5) is 5.69 Å². The van der Waals surface area contributed by atoms with Crippen molar-refractivity contribution in [2.24, 2.45) is 0 Å². The third kappa shape index (κ3) is 4.99. The Bertz CT molecular complexity index is 818. The zero-order valence-corrected chi connectivity index (χ0v) is 16.8. The van der Waals surface area contributed by atoms with Gasteiger partial charge in [-0.1, -0.05) is 18.2 Å². The highest BCUT2D eigenvalue weighted by Gasteiger charge is 2.26. The monoisotopic (exact) mass is 387 g/mol. The van der Waals surface area contributed by atoms with Gasteiger partial charge in [-0.2, -0.15) is 0 Å². The first-order chi connectivity index (χ1) is 13.5. The van der Waals surface area contributed by atoms with Crippen LogP contribution in [0.3, 0.4) is 0 Å². The fraction of sp³-hybridized carbons (Fsp3) is 0.429. The van der Waals surface area contributed by atoms with Crippen molar-refractivity contribution in [2.75, 3.05) is 45.2 Å². The van der Waals surface area contributed by atoms with Crippen LogP contribution in [-0.2, 0) is 16.1 Å². The normalized spacial score (nSPS) is 19.2. The molecular weight excluding hydrogens is 358 g/mol. The van der Waals surface area contributed by atoms with Crippen molar-refractivity contribution < 1.29 is 28.5 Å². The van der Waals surface area contributed by atoms with E-state index in [4.69, 9.17) is 4.42 Å². The van der Waals surface area contributed by atoms with Gasteiger partial charge in [-0.05, 0) is 37.1 Å². The number of methoxy groups -OCH3 is 1. The van der Waals surface area contributed by atoms with E-state index in [1.165, 1.54) is 16.9 Å². The molecule has 1 amide bonds. The van der Waals surface area contributed by atoms with Gasteiger partial charge in [0.1, 0.15) is 32.7 Å². The molecule has 3 rings (SSSR count). The van der Waals surface area contributed by atoms with Crippen LogP contribution in [0.2, 0.25) is 0 Å². The van der Waals surface area contributed by atoms with Crippen molar-refractivity contribution in [3.63, 3.8) is 0 Å². The molecular formula is C21H29N3O4+2. The number of carbonyl (C=O) groups is 2. The number of anilines is 1. The van der Waals surface area contributed by atoms with Gasteiger partial charge in [0, 0.05) is 5.69 Å². The van der Waals surface area contributed by atoms with Crippen molar-refractivity contribution in [1.29, 1.82) is 0 Å². The number of ether oxygens (including phenoxy) is 1. The van der Waals surface area contributed by atoms with Crippen LogP contribution < -0.4 is 15.1 Å². The van der Waals surface area contributed by atoms with Crippen LogP contribution >= 0.6 is 0 Å². The number of rotatable bonds is 6. The quantitative estimate of drug-likeness (QED) is 0.590.